The maximum Gasteiger partial charge on any atom is 0.124 e. The maximum absolute atomic E-state index is 9.90. The van der Waals surface area contributed by atoms with Crippen molar-refractivity contribution < 1.29 is 56.9 Å². The zero-order valence-electron chi connectivity index (χ0n) is 28.3. The summed E-state index contributed by atoms with van der Waals surface area (Å²) >= 11 is 0. The number of aliphatic hydroxyl groups is 3. The van der Waals surface area contributed by atoms with Crippen LogP contribution in [0.4, 0.5) is 0 Å². The minimum absolute atomic E-state index is 0. The molecule has 0 heterocycles. The molecule has 0 aromatic heterocycles. The smallest absolute Gasteiger partial charge is 0.124 e. The second-order valence-corrected chi connectivity index (χ2v) is 10.9. The fourth-order valence-corrected chi connectivity index (χ4v) is 4.60. The highest BCUT2D eigenvalue weighted by Gasteiger charge is 2.09. The molecule has 0 spiro atoms. The fraction of sp³-hybridized carbons (Fsp3) is 0.122. The van der Waals surface area contributed by atoms with Crippen LogP contribution in [0.3, 0.4) is 0 Å². The van der Waals surface area contributed by atoms with Gasteiger partial charge in [-0.3, -0.25) is 0 Å². The topological polar surface area (TPSA) is 245 Å². The minimum Gasteiger partial charge on any atom is -0.508 e. The maximum atomic E-state index is 9.90. The Morgan fingerprint density at radius 3 is 0.769 bits per heavy atom. The molecular weight excluding hydrogens is 668 g/mol. The average Bonchev–Trinajstić information content (AvgIpc) is 3.13. The van der Waals surface area contributed by atoms with Crippen molar-refractivity contribution in [3.05, 3.63) is 178 Å². The van der Waals surface area contributed by atoms with E-state index in [0.717, 1.165) is 16.7 Å². The molecule has 0 aliphatic rings. The van der Waals surface area contributed by atoms with Crippen LogP contribution in [0.5, 0.6) is 34.5 Å². The van der Waals surface area contributed by atoms with Gasteiger partial charge in [0.1, 0.15) is 34.5 Å². The zero-order chi connectivity index (χ0) is 36.3. The molecule has 13 N–H and O–H groups in total. The Balaban J connectivity index is 0.000000355. The normalized spacial score (nSPS) is 9.60. The largest absolute Gasteiger partial charge is 0.508 e. The molecular formula is C41H46O11. The lowest BCUT2D eigenvalue weighted by Gasteiger charge is -2.09. The molecule has 276 valence electrons. The van der Waals surface area contributed by atoms with Gasteiger partial charge in [-0.05, 0) is 52.6 Å². The second kappa shape index (κ2) is 23.3. The lowest BCUT2D eigenvalue weighted by Crippen LogP contribution is -1.93. The van der Waals surface area contributed by atoms with E-state index < -0.39 is 0 Å². The average molecular weight is 715 g/mol. The first-order valence-electron chi connectivity index (χ1n) is 15.6. The predicted octanol–water partition coefficient (Wildman–Crippen LogP) is 4.99. The van der Waals surface area contributed by atoms with Crippen molar-refractivity contribution in [1.29, 1.82) is 0 Å². The lowest BCUT2D eigenvalue weighted by molar-refractivity contribution is 0.275. The molecule has 0 radical (unpaired) electrons. The summed E-state index contributed by atoms with van der Waals surface area (Å²) in [5, 5.41) is 82.8. The van der Waals surface area contributed by atoms with E-state index in [1.165, 1.54) is 0 Å². The van der Waals surface area contributed by atoms with Gasteiger partial charge >= 0.3 is 0 Å². The highest BCUT2D eigenvalue weighted by atomic mass is 16.3. The van der Waals surface area contributed by atoms with Crippen molar-refractivity contribution in [1.82, 2.24) is 0 Å². The third-order valence-electron chi connectivity index (χ3n) is 7.43. The Hall–Kier alpha value is -6.08. The van der Waals surface area contributed by atoms with Gasteiger partial charge in [-0.15, -0.1) is 0 Å². The van der Waals surface area contributed by atoms with Gasteiger partial charge in [0.25, 0.3) is 0 Å². The zero-order valence-corrected chi connectivity index (χ0v) is 28.3. The number of phenolic OH excluding ortho intramolecular Hbond substituents is 3. The van der Waals surface area contributed by atoms with Crippen LogP contribution in [0.1, 0.15) is 38.9 Å². The SMILES string of the molecule is O.O.OCc1cccc(Cc2ccccc2O)c1O.OCc1ccccc1O.OCc1ccccc1O.Oc1ccccc1Cc1ccccc1O. The lowest BCUT2D eigenvalue weighted by atomic mass is 10.0. The first-order valence-corrected chi connectivity index (χ1v) is 15.6. The number of phenols is 6. The van der Waals surface area contributed by atoms with Gasteiger partial charge < -0.3 is 56.9 Å². The number of rotatable bonds is 7. The highest BCUT2D eigenvalue weighted by Crippen LogP contribution is 2.28. The predicted molar refractivity (Wildman–Crippen MR) is 199 cm³/mol. The molecule has 11 nitrogen and oxygen atoms in total. The molecule has 0 saturated heterocycles. The molecule has 0 aliphatic carbocycles. The van der Waals surface area contributed by atoms with E-state index in [4.69, 9.17) is 25.5 Å². The summed E-state index contributed by atoms with van der Waals surface area (Å²) in [7, 11) is 0. The molecule has 0 aliphatic heterocycles. The van der Waals surface area contributed by atoms with Gasteiger partial charge in [-0.2, -0.15) is 0 Å². The fourth-order valence-electron chi connectivity index (χ4n) is 4.60. The second-order valence-electron chi connectivity index (χ2n) is 10.9. The van der Waals surface area contributed by atoms with E-state index >= 15 is 0 Å². The molecule has 52 heavy (non-hydrogen) atoms. The molecule has 0 bridgehead atoms. The van der Waals surface area contributed by atoms with Crippen molar-refractivity contribution in [3.63, 3.8) is 0 Å². The monoisotopic (exact) mass is 714 g/mol. The van der Waals surface area contributed by atoms with Crippen molar-refractivity contribution in [3.8, 4) is 34.5 Å². The van der Waals surface area contributed by atoms with Crippen LogP contribution in [0.15, 0.2) is 140 Å². The van der Waals surface area contributed by atoms with Gasteiger partial charge in [0.2, 0.25) is 0 Å². The van der Waals surface area contributed by atoms with Crippen LogP contribution in [0, 0.1) is 0 Å². The first-order chi connectivity index (χ1) is 24.2. The summed E-state index contributed by atoms with van der Waals surface area (Å²) in [4.78, 5) is 0. The summed E-state index contributed by atoms with van der Waals surface area (Å²) in [6.45, 7) is -0.403. The minimum atomic E-state index is -0.194. The van der Waals surface area contributed by atoms with Crippen molar-refractivity contribution in [2.45, 2.75) is 32.7 Å². The van der Waals surface area contributed by atoms with Crippen LogP contribution < -0.4 is 0 Å². The van der Waals surface area contributed by atoms with Crippen LogP contribution in [0.2, 0.25) is 0 Å². The van der Waals surface area contributed by atoms with Gasteiger partial charge in [0.15, 0.2) is 0 Å². The third-order valence-corrected chi connectivity index (χ3v) is 7.43. The Kier molecular flexibility index (Phi) is 19.7. The molecule has 0 unspecified atom stereocenters. The number of hydrogen-bond acceptors (Lipinski definition) is 9. The van der Waals surface area contributed by atoms with Gasteiger partial charge in [0.05, 0.1) is 19.8 Å². The van der Waals surface area contributed by atoms with Gasteiger partial charge in [-0.25, -0.2) is 0 Å². The van der Waals surface area contributed by atoms with Crippen molar-refractivity contribution in [2.75, 3.05) is 0 Å². The van der Waals surface area contributed by atoms with Crippen LogP contribution in [-0.4, -0.2) is 56.9 Å². The number of benzene rings is 6. The molecule has 6 rings (SSSR count). The number of aromatic hydroxyl groups is 6. The van der Waals surface area contributed by atoms with Gasteiger partial charge in [-0.1, -0.05) is 109 Å². The molecule has 11 heteroatoms. The summed E-state index contributed by atoms with van der Waals surface area (Å²) in [5.74, 6) is 1.14. The van der Waals surface area contributed by atoms with Crippen LogP contribution in [-0.2, 0) is 32.7 Å². The van der Waals surface area contributed by atoms with E-state index in [1.807, 2.05) is 30.3 Å². The Labute approximate surface area is 302 Å². The van der Waals surface area contributed by atoms with E-state index in [1.54, 1.807) is 109 Å². The van der Waals surface area contributed by atoms with E-state index in [0.29, 0.717) is 35.1 Å². The molecule has 0 fully saturated rings. The standard InChI is InChI=1S/C14H14O3.C13H12O2.2C7H8O2.2H2O/c15-9-12-6-3-5-11(14(12)17)8-10-4-1-2-7-13(10)16;14-12-7-3-1-5-10(12)9-11-6-2-4-8-13(11)15;2*8-5-6-3-1-2-4-7(6)9;;/h1-7,15-17H,8-9H2;1-8,14-15H,9H2;2*1-4,8-9H,5H2;2*1H2. The molecule has 6 aromatic rings. The third kappa shape index (κ3) is 13.7. The summed E-state index contributed by atoms with van der Waals surface area (Å²) < 4.78 is 0. The quantitative estimate of drug-likeness (QED) is 0.108. The Morgan fingerprint density at radius 1 is 0.269 bits per heavy atom. The molecule has 0 atom stereocenters. The summed E-state index contributed by atoms with van der Waals surface area (Å²) in [6.07, 6.45) is 0.978. The van der Waals surface area contributed by atoms with Crippen molar-refractivity contribution in [2.24, 2.45) is 0 Å². The Morgan fingerprint density at radius 2 is 0.500 bits per heavy atom. The van der Waals surface area contributed by atoms with E-state index in [-0.39, 0.29) is 65.3 Å². The molecule has 6 aromatic carbocycles. The highest BCUT2D eigenvalue weighted by molar-refractivity contribution is 5.45. The number of hydrogen-bond donors (Lipinski definition) is 9. The molecule has 0 amide bonds. The van der Waals surface area contributed by atoms with E-state index in [9.17, 15) is 20.4 Å². The molecule has 0 saturated carbocycles. The van der Waals surface area contributed by atoms with Crippen molar-refractivity contribution >= 4 is 0 Å². The van der Waals surface area contributed by atoms with Gasteiger partial charge in [0, 0.05) is 29.5 Å². The number of para-hydroxylation sites is 6. The van der Waals surface area contributed by atoms with Crippen LogP contribution >= 0.6 is 0 Å². The van der Waals surface area contributed by atoms with Crippen LogP contribution in [0.25, 0.3) is 0 Å². The summed E-state index contributed by atoms with van der Waals surface area (Å²) in [5.41, 5.74) is 4.71. The summed E-state index contributed by atoms with van der Waals surface area (Å²) in [6, 6.07) is 40.0. The number of aliphatic hydroxyl groups excluding tert-OH is 3. The van der Waals surface area contributed by atoms with E-state index in [2.05, 4.69) is 0 Å². The Bertz CT molecular complexity index is 1820. The first kappa shape index (κ1) is 43.9.